The molecule has 1 saturated heterocycles. The van der Waals surface area contributed by atoms with Crippen LogP contribution >= 0.6 is 0 Å². The van der Waals surface area contributed by atoms with Crippen molar-refractivity contribution in [3.05, 3.63) is 36.0 Å². The summed E-state index contributed by atoms with van der Waals surface area (Å²) in [6.45, 7) is 2.98. The van der Waals surface area contributed by atoms with Crippen molar-refractivity contribution in [2.24, 2.45) is 0 Å². The van der Waals surface area contributed by atoms with Crippen molar-refractivity contribution in [2.75, 3.05) is 40.0 Å². The molecule has 0 spiro atoms. The Kier molecular flexibility index (Phi) is 5.32. The average Bonchev–Trinajstić information content (AvgIpc) is 3.11. The molecule has 1 aliphatic rings. The van der Waals surface area contributed by atoms with Gasteiger partial charge < -0.3 is 24.2 Å². The Hall–Kier alpha value is -2.54. The third-order valence-electron chi connectivity index (χ3n) is 3.87. The zero-order chi connectivity index (χ0) is 16.8. The minimum atomic E-state index is -0.0604. The van der Waals surface area contributed by atoms with E-state index in [1.54, 1.807) is 12.0 Å². The van der Waals surface area contributed by atoms with Crippen LogP contribution in [-0.4, -0.2) is 56.0 Å². The maximum atomic E-state index is 12.0. The largest absolute Gasteiger partial charge is 0.497 e. The third-order valence-corrected chi connectivity index (χ3v) is 3.87. The van der Waals surface area contributed by atoms with Crippen LogP contribution in [-0.2, 0) is 11.2 Å². The smallest absolute Gasteiger partial charge is 0.317 e. The quantitative estimate of drug-likeness (QED) is 0.906. The molecule has 0 atom stereocenters. The van der Waals surface area contributed by atoms with Gasteiger partial charge in [0.25, 0.3) is 0 Å². The highest BCUT2D eigenvalue weighted by atomic mass is 16.5. The molecule has 3 rings (SSSR count). The molecule has 1 aromatic carbocycles. The van der Waals surface area contributed by atoms with E-state index in [2.05, 4.69) is 10.5 Å². The fraction of sp³-hybridized carbons (Fsp3) is 0.412. The molecule has 7 nitrogen and oxygen atoms in total. The zero-order valence-corrected chi connectivity index (χ0v) is 13.7. The first-order valence-electron chi connectivity index (χ1n) is 7.97. The minimum Gasteiger partial charge on any atom is -0.497 e. The van der Waals surface area contributed by atoms with Gasteiger partial charge in [-0.3, -0.25) is 0 Å². The van der Waals surface area contributed by atoms with E-state index in [0.717, 1.165) is 17.0 Å². The lowest BCUT2D eigenvalue weighted by molar-refractivity contribution is 0.0533. The molecule has 0 radical (unpaired) electrons. The zero-order valence-electron chi connectivity index (χ0n) is 13.7. The second kappa shape index (κ2) is 7.83. The maximum Gasteiger partial charge on any atom is 0.317 e. The molecule has 1 fully saturated rings. The Balaban J connectivity index is 1.51. The molecular formula is C17H21N3O4. The van der Waals surface area contributed by atoms with Crippen molar-refractivity contribution < 1.29 is 18.8 Å². The first-order valence-corrected chi connectivity index (χ1v) is 7.97. The van der Waals surface area contributed by atoms with Crippen LogP contribution in [0, 0.1) is 0 Å². The molecule has 1 N–H and O–H groups in total. The highest BCUT2D eigenvalue weighted by Gasteiger charge is 2.16. The lowest BCUT2D eigenvalue weighted by atomic mass is 10.1. The van der Waals surface area contributed by atoms with Crippen LogP contribution in [0.3, 0.4) is 0 Å². The number of hydrogen-bond donors (Lipinski definition) is 1. The molecule has 7 heteroatoms. The fourth-order valence-corrected chi connectivity index (χ4v) is 2.52. The molecule has 2 heterocycles. The normalized spacial score (nSPS) is 14.5. The van der Waals surface area contributed by atoms with Crippen molar-refractivity contribution in [3.63, 3.8) is 0 Å². The Labute approximate surface area is 140 Å². The average molecular weight is 331 g/mol. The molecule has 2 amide bonds. The highest BCUT2D eigenvalue weighted by Crippen LogP contribution is 2.24. The van der Waals surface area contributed by atoms with E-state index in [1.165, 1.54) is 0 Å². The predicted molar refractivity (Wildman–Crippen MR) is 88.0 cm³/mol. The molecule has 24 heavy (non-hydrogen) atoms. The lowest BCUT2D eigenvalue weighted by Crippen LogP contribution is -2.46. The van der Waals surface area contributed by atoms with Crippen LogP contribution in [0.1, 0.15) is 5.69 Å². The summed E-state index contributed by atoms with van der Waals surface area (Å²) in [5.74, 6) is 1.45. The van der Waals surface area contributed by atoms with Gasteiger partial charge >= 0.3 is 6.03 Å². The number of carbonyl (C=O) groups is 1. The number of carbonyl (C=O) groups excluding carboxylic acids is 1. The number of hydrogen-bond acceptors (Lipinski definition) is 5. The Morgan fingerprint density at radius 2 is 2.17 bits per heavy atom. The topological polar surface area (TPSA) is 76.8 Å². The number of urea groups is 1. The number of rotatable bonds is 5. The van der Waals surface area contributed by atoms with Gasteiger partial charge in [0.15, 0.2) is 5.76 Å². The number of aromatic nitrogens is 1. The fourth-order valence-electron chi connectivity index (χ4n) is 2.52. The summed E-state index contributed by atoms with van der Waals surface area (Å²) in [7, 11) is 1.63. The Bertz CT molecular complexity index is 680. The van der Waals surface area contributed by atoms with Crippen molar-refractivity contribution in [1.29, 1.82) is 0 Å². The summed E-state index contributed by atoms with van der Waals surface area (Å²) in [5, 5.41) is 6.95. The number of methoxy groups -OCH3 is 1. The molecule has 128 valence electrons. The number of nitrogens with zero attached hydrogens (tertiary/aromatic N) is 2. The van der Waals surface area contributed by atoms with Gasteiger partial charge in [0, 0.05) is 37.7 Å². The standard InChI is InChI=1S/C17H21N3O4/c1-22-15-4-2-3-13(11-15)16-12-14(19-24-16)5-6-18-17(21)20-7-9-23-10-8-20/h2-4,11-12H,5-10H2,1H3,(H,18,21). The number of benzene rings is 1. The summed E-state index contributed by atoms with van der Waals surface area (Å²) >= 11 is 0. The van der Waals surface area contributed by atoms with Crippen LogP contribution in [0.4, 0.5) is 4.79 Å². The second-order valence-corrected chi connectivity index (χ2v) is 5.50. The summed E-state index contributed by atoms with van der Waals surface area (Å²) in [6.07, 6.45) is 0.615. The van der Waals surface area contributed by atoms with Crippen LogP contribution in [0.5, 0.6) is 5.75 Å². The number of amides is 2. The summed E-state index contributed by atoms with van der Waals surface area (Å²) < 4.78 is 15.8. The van der Waals surface area contributed by atoms with E-state index < -0.39 is 0 Å². The number of nitrogens with one attached hydrogen (secondary N) is 1. The van der Waals surface area contributed by atoms with Gasteiger partial charge in [0.2, 0.25) is 0 Å². The highest BCUT2D eigenvalue weighted by molar-refractivity contribution is 5.74. The Morgan fingerprint density at radius 1 is 1.33 bits per heavy atom. The van der Waals surface area contributed by atoms with E-state index in [9.17, 15) is 4.79 Å². The van der Waals surface area contributed by atoms with Gasteiger partial charge in [0.05, 0.1) is 26.0 Å². The molecule has 0 aliphatic carbocycles. The van der Waals surface area contributed by atoms with Gasteiger partial charge in [-0.2, -0.15) is 0 Å². The van der Waals surface area contributed by atoms with E-state index in [4.69, 9.17) is 14.0 Å². The Morgan fingerprint density at radius 3 is 2.96 bits per heavy atom. The van der Waals surface area contributed by atoms with Crippen molar-refractivity contribution >= 4 is 6.03 Å². The van der Waals surface area contributed by atoms with E-state index >= 15 is 0 Å². The molecule has 0 saturated carbocycles. The molecule has 0 bridgehead atoms. The molecule has 1 aromatic heterocycles. The van der Waals surface area contributed by atoms with Gasteiger partial charge in [-0.05, 0) is 12.1 Å². The van der Waals surface area contributed by atoms with Gasteiger partial charge in [-0.1, -0.05) is 17.3 Å². The second-order valence-electron chi connectivity index (χ2n) is 5.50. The molecule has 0 unspecified atom stereocenters. The third kappa shape index (κ3) is 4.05. The summed E-state index contributed by atoms with van der Waals surface area (Å²) in [5.41, 5.74) is 1.71. The first kappa shape index (κ1) is 16.3. The number of ether oxygens (including phenoxy) is 2. The van der Waals surface area contributed by atoms with Gasteiger partial charge in [0.1, 0.15) is 5.75 Å². The van der Waals surface area contributed by atoms with Crippen molar-refractivity contribution in [2.45, 2.75) is 6.42 Å². The summed E-state index contributed by atoms with van der Waals surface area (Å²) in [6, 6.07) is 9.43. The van der Waals surface area contributed by atoms with Crippen molar-refractivity contribution in [3.8, 4) is 17.1 Å². The summed E-state index contributed by atoms with van der Waals surface area (Å²) in [4.78, 5) is 13.7. The molecular weight excluding hydrogens is 310 g/mol. The number of morpholine rings is 1. The van der Waals surface area contributed by atoms with E-state index in [1.807, 2.05) is 30.3 Å². The monoisotopic (exact) mass is 331 g/mol. The minimum absolute atomic E-state index is 0.0604. The predicted octanol–water partition coefficient (Wildman–Crippen LogP) is 1.93. The first-order chi connectivity index (χ1) is 11.8. The molecule has 1 aliphatic heterocycles. The van der Waals surface area contributed by atoms with Gasteiger partial charge in [-0.15, -0.1) is 0 Å². The SMILES string of the molecule is COc1cccc(-c2cc(CCNC(=O)N3CCOCC3)no2)c1. The van der Waals surface area contributed by atoms with Crippen molar-refractivity contribution in [1.82, 2.24) is 15.4 Å². The van der Waals surface area contributed by atoms with Gasteiger partial charge in [-0.25, -0.2) is 4.79 Å². The van der Waals surface area contributed by atoms with Crippen LogP contribution in [0.25, 0.3) is 11.3 Å². The van der Waals surface area contributed by atoms with E-state index in [-0.39, 0.29) is 6.03 Å². The van der Waals surface area contributed by atoms with Crippen LogP contribution in [0.2, 0.25) is 0 Å². The maximum absolute atomic E-state index is 12.0. The van der Waals surface area contributed by atoms with Crippen LogP contribution in [0.15, 0.2) is 34.9 Å². The van der Waals surface area contributed by atoms with E-state index in [0.29, 0.717) is 45.0 Å². The molecule has 2 aromatic rings. The lowest BCUT2D eigenvalue weighted by Gasteiger charge is -2.26. The van der Waals surface area contributed by atoms with Crippen LogP contribution < -0.4 is 10.1 Å².